The molecule has 0 spiro atoms. The highest BCUT2D eigenvalue weighted by molar-refractivity contribution is 5.74. The largest absolute Gasteiger partial charge is 0.469 e. The number of morpholine rings is 1. The van der Waals surface area contributed by atoms with E-state index in [0.29, 0.717) is 6.61 Å². The van der Waals surface area contributed by atoms with Gasteiger partial charge in [0.05, 0.1) is 19.8 Å². The van der Waals surface area contributed by atoms with Crippen LogP contribution in [0, 0.1) is 5.92 Å². The van der Waals surface area contributed by atoms with Gasteiger partial charge in [0.2, 0.25) is 0 Å². The highest BCUT2D eigenvalue weighted by Gasteiger charge is 2.47. The molecular formula is C7H11NO3. The molecule has 0 aromatic rings. The van der Waals surface area contributed by atoms with Crippen molar-refractivity contribution in [2.24, 2.45) is 5.92 Å². The molecule has 0 aromatic carbocycles. The Kier molecular flexibility index (Phi) is 1.58. The lowest BCUT2D eigenvalue weighted by atomic mass is 10.0. The number of hydrogen-bond acceptors (Lipinski definition) is 4. The van der Waals surface area contributed by atoms with Gasteiger partial charge in [0, 0.05) is 12.6 Å². The predicted octanol–water partition coefficient (Wildman–Crippen LogP) is -0.854. The lowest BCUT2D eigenvalue weighted by Crippen LogP contribution is -2.33. The van der Waals surface area contributed by atoms with E-state index in [1.165, 1.54) is 7.11 Å². The molecule has 2 aliphatic heterocycles. The molecule has 4 heteroatoms. The Morgan fingerprint density at radius 2 is 2.55 bits per heavy atom. The molecule has 11 heavy (non-hydrogen) atoms. The van der Waals surface area contributed by atoms with Crippen molar-refractivity contribution in [3.05, 3.63) is 0 Å². The van der Waals surface area contributed by atoms with E-state index in [2.05, 4.69) is 10.1 Å². The molecule has 2 saturated heterocycles. The highest BCUT2D eigenvalue weighted by atomic mass is 16.5. The molecule has 2 fully saturated rings. The molecule has 0 radical (unpaired) electrons. The summed E-state index contributed by atoms with van der Waals surface area (Å²) in [6.07, 6.45) is 0.0486. The van der Waals surface area contributed by atoms with E-state index < -0.39 is 0 Å². The number of methoxy groups -OCH3 is 1. The summed E-state index contributed by atoms with van der Waals surface area (Å²) in [4.78, 5) is 11.1. The number of hydrogen-bond donors (Lipinski definition) is 1. The average Bonchev–Trinajstić information content (AvgIpc) is 2.61. The third-order valence-corrected chi connectivity index (χ3v) is 2.38. The number of carbonyl (C=O) groups excluding carboxylic acids is 1. The first-order chi connectivity index (χ1) is 5.33. The SMILES string of the molecule is COC(=O)C1C2COC1CN2. The van der Waals surface area contributed by atoms with E-state index in [1.807, 2.05) is 0 Å². The minimum Gasteiger partial charge on any atom is -0.469 e. The zero-order chi connectivity index (χ0) is 7.84. The van der Waals surface area contributed by atoms with Gasteiger partial charge < -0.3 is 14.8 Å². The Labute approximate surface area is 64.9 Å². The molecule has 3 atom stereocenters. The molecule has 0 amide bonds. The van der Waals surface area contributed by atoms with Gasteiger partial charge in [0.1, 0.15) is 5.92 Å². The van der Waals surface area contributed by atoms with Gasteiger partial charge in [-0.2, -0.15) is 0 Å². The van der Waals surface area contributed by atoms with Gasteiger partial charge in [-0.15, -0.1) is 0 Å². The summed E-state index contributed by atoms with van der Waals surface area (Å²) in [6, 6.07) is 0.187. The number of ether oxygens (including phenoxy) is 2. The Balaban J connectivity index is 2.09. The summed E-state index contributed by atoms with van der Waals surface area (Å²) in [6.45, 7) is 1.43. The molecular weight excluding hydrogens is 146 g/mol. The second-order valence-corrected chi connectivity index (χ2v) is 2.94. The van der Waals surface area contributed by atoms with Crippen molar-refractivity contribution in [1.29, 1.82) is 0 Å². The fraction of sp³-hybridized carbons (Fsp3) is 0.857. The summed E-state index contributed by atoms with van der Waals surface area (Å²) in [5.74, 6) is -0.220. The lowest BCUT2D eigenvalue weighted by molar-refractivity contribution is -0.146. The van der Waals surface area contributed by atoms with Crippen LogP contribution in [-0.2, 0) is 14.3 Å². The zero-order valence-corrected chi connectivity index (χ0v) is 6.37. The van der Waals surface area contributed by atoms with E-state index in [0.717, 1.165) is 6.54 Å². The summed E-state index contributed by atoms with van der Waals surface area (Å²) in [5, 5.41) is 3.20. The van der Waals surface area contributed by atoms with E-state index in [9.17, 15) is 4.79 Å². The van der Waals surface area contributed by atoms with Crippen LogP contribution in [0.4, 0.5) is 0 Å². The summed E-state index contributed by atoms with van der Waals surface area (Å²) in [5.41, 5.74) is 0. The lowest BCUT2D eigenvalue weighted by Gasteiger charge is -2.09. The highest BCUT2D eigenvalue weighted by Crippen LogP contribution is 2.27. The van der Waals surface area contributed by atoms with Crippen LogP contribution in [-0.4, -0.2) is 38.4 Å². The van der Waals surface area contributed by atoms with Crippen LogP contribution >= 0.6 is 0 Å². The predicted molar refractivity (Wildman–Crippen MR) is 37.0 cm³/mol. The first kappa shape index (κ1) is 7.06. The topological polar surface area (TPSA) is 47.6 Å². The molecule has 4 nitrogen and oxygen atoms in total. The maximum Gasteiger partial charge on any atom is 0.313 e. The fourth-order valence-corrected chi connectivity index (χ4v) is 1.79. The van der Waals surface area contributed by atoms with Gasteiger partial charge in [0.15, 0.2) is 0 Å². The molecule has 2 aliphatic rings. The van der Waals surface area contributed by atoms with E-state index in [4.69, 9.17) is 4.74 Å². The van der Waals surface area contributed by atoms with Crippen LogP contribution in [0.15, 0.2) is 0 Å². The number of nitrogens with one attached hydrogen (secondary N) is 1. The van der Waals surface area contributed by atoms with Gasteiger partial charge >= 0.3 is 5.97 Å². The number of rotatable bonds is 1. The van der Waals surface area contributed by atoms with Crippen molar-refractivity contribution < 1.29 is 14.3 Å². The van der Waals surface area contributed by atoms with E-state index in [1.54, 1.807) is 0 Å². The molecule has 0 aliphatic carbocycles. The van der Waals surface area contributed by atoms with Crippen LogP contribution in [0.3, 0.4) is 0 Å². The van der Waals surface area contributed by atoms with Crippen molar-refractivity contribution in [3.8, 4) is 0 Å². The average molecular weight is 157 g/mol. The van der Waals surface area contributed by atoms with Crippen molar-refractivity contribution in [1.82, 2.24) is 5.32 Å². The Bertz CT molecular complexity index is 163. The Morgan fingerprint density at radius 1 is 1.73 bits per heavy atom. The fourth-order valence-electron chi connectivity index (χ4n) is 1.79. The van der Waals surface area contributed by atoms with Crippen LogP contribution in [0.2, 0.25) is 0 Å². The van der Waals surface area contributed by atoms with Crippen LogP contribution < -0.4 is 5.32 Å². The van der Waals surface area contributed by atoms with Gasteiger partial charge in [0.25, 0.3) is 0 Å². The zero-order valence-electron chi connectivity index (χ0n) is 6.37. The van der Waals surface area contributed by atoms with Crippen LogP contribution in [0.1, 0.15) is 0 Å². The molecule has 1 N–H and O–H groups in total. The molecule has 0 saturated carbocycles. The number of esters is 1. The summed E-state index contributed by atoms with van der Waals surface area (Å²) >= 11 is 0. The number of carbonyl (C=O) groups is 1. The molecule has 0 aromatic heterocycles. The normalized spacial score (nSPS) is 41.0. The smallest absolute Gasteiger partial charge is 0.313 e. The molecule has 62 valence electrons. The van der Waals surface area contributed by atoms with Crippen molar-refractivity contribution in [2.75, 3.05) is 20.3 Å². The monoisotopic (exact) mass is 157 g/mol. The van der Waals surface area contributed by atoms with Crippen molar-refractivity contribution in [2.45, 2.75) is 12.1 Å². The van der Waals surface area contributed by atoms with E-state index in [-0.39, 0.29) is 24.0 Å². The molecule has 3 unspecified atom stereocenters. The second kappa shape index (κ2) is 2.46. The molecule has 2 heterocycles. The van der Waals surface area contributed by atoms with Crippen LogP contribution in [0.5, 0.6) is 0 Å². The van der Waals surface area contributed by atoms with Crippen LogP contribution in [0.25, 0.3) is 0 Å². The minimum atomic E-state index is -0.150. The van der Waals surface area contributed by atoms with Gasteiger partial charge in [-0.05, 0) is 0 Å². The third kappa shape index (κ3) is 0.937. The Morgan fingerprint density at radius 3 is 2.91 bits per heavy atom. The van der Waals surface area contributed by atoms with Crippen molar-refractivity contribution >= 4 is 5.97 Å². The molecule has 2 rings (SSSR count). The van der Waals surface area contributed by atoms with E-state index >= 15 is 0 Å². The minimum absolute atomic E-state index is 0.0486. The third-order valence-electron chi connectivity index (χ3n) is 2.38. The molecule has 2 bridgehead atoms. The van der Waals surface area contributed by atoms with Gasteiger partial charge in [-0.25, -0.2) is 0 Å². The first-order valence-corrected chi connectivity index (χ1v) is 3.75. The quantitative estimate of drug-likeness (QED) is 0.503. The first-order valence-electron chi connectivity index (χ1n) is 3.75. The number of fused-ring (bicyclic) bond motifs is 2. The van der Waals surface area contributed by atoms with Crippen molar-refractivity contribution in [3.63, 3.8) is 0 Å². The van der Waals surface area contributed by atoms with Gasteiger partial charge in [-0.3, -0.25) is 4.79 Å². The second-order valence-electron chi connectivity index (χ2n) is 2.94. The maximum absolute atomic E-state index is 11.1. The van der Waals surface area contributed by atoms with Gasteiger partial charge in [-0.1, -0.05) is 0 Å². The Hall–Kier alpha value is -0.610. The standard InChI is InChI=1S/C7H11NO3/c1-10-7(9)6-4-3-11-5(6)2-8-4/h4-6,8H,2-3H2,1H3. The maximum atomic E-state index is 11.1. The summed E-state index contributed by atoms with van der Waals surface area (Å²) in [7, 11) is 1.42. The summed E-state index contributed by atoms with van der Waals surface area (Å²) < 4.78 is 9.98.